The Morgan fingerprint density at radius 1 is 1.24 bits per heavy atom. The van der Waals surface area contributed by atoms with Gasteiger partial charge in [-0.2, -0.15) is 18.4 Å². The van der Waals surface area contributed by atoms with Gasteiger partial charge in [0.25, 0.3) is 5.91 Å². The van der Waals surface area contributed by atoms with Gasteiger partial charge in [-0.1, -0.05) is 24.3 Å². The maximum atomic E-state index is 13.4. The number of carbonyl (C=O) groups excluding carboxylic acids is 2. The monoisotopic (exact) mass is 470 g/mol. The van der Waals surface area contributed by atoms with E-state index >= 15 is 0 Å². The van der Waals surface area contributed by atoms with Crippen molar-refractivity contribution < 1.29 is 32.7 Å². The normalized spacial score (nSPS) is 17.4. The SMILES string of the molecule is N#Cc1ncc(N2C(=O)N(Cc3ccc(/C=C/C(=O)O)cc3)C3(CCC3)C2=O)cc1C(F)(F)F. The molecule has 2 aromatic rings. The molecular weight excluding hydrogens is 453 g/mol. The van der Waals surface area contributed by atoms with E-state index < -0.39 is 40.9 Å². The third kappa shape index (κ3) is 3.87. The summed E-state index contributed by atoms with van der Waals surface area (Å²) < 4.78 is 40.2. The Morgan fingerprint density at radius 2 is 1.91 bits per heavy atom. The van der Waals surface area contributed by atoms with Crippen LogP contribution in [0.5, 0.6) is 0 Å². The van der Waals surface area contributed by atoms with E-state index in [1.54, 1.807) is 24.3 Å². The van der Waals surface area contributed by atoms with Crippen molar-refractivity contribution in [1.82, 2.24) is 9.88 Å². The first-order chi connectivity index (χ1) is 16.1. The number of pyridine rings is 1. The summed E-state index contributed by atoms with van der Waals surface area (Å²) in [4.78, 5) is 42.8. The minimum atomic E-state index is -4.88. The summed E-state index contributed by atoms with van der Waals surface area (Å²) >= 11 is 0. The van der Waals surface area contributed by atoms with Crippen molar-refractivity contribution in [3.05, 3.63) is 65.0 Å². The van der Waals surface area contributed by atoms with Gasteiger partial charge in [0.2, 0.25) is 0 Å². The molecule has 4 rings (SSSR count). The van der Waals surface area contributed by atoms with Crippen molar-refractivity contribution in [2.45, 2.75) is 37.5 Å². The molecule has 2 fully saturated rings. The minimum Gasteiger partial charge on any atom is -0.478 e. The van der Waals surface area contributed by atoms with Crippen LogP contribution in [-0.2, 0) is 22.3 Å². The van der Waals surface area contributed by atoms with E-state index in [9.17, 15) is 27.6 Å². The molecular formula is C23H17F3N4O4. The van der Waals surface area contributed by atoms with Crippen LogP contribution >= 0.6 is 0 Å². The highest BCUT2D eigenvalue weighted by atomic mass is 19.4. The first-order valence-electron chi connectivity index (χ1n) is 10.2. The van der Waals surface area contributed by atoms with Crippen LogP contribution in [0.25, 0.3) is 6.08 Å². The Balaban J connectivity index is 1.65. The zero-order chi connectivity index (χ0) is 24.7. The number of nitriles is 1. The maximum absolute atomic E-state index is 13.4. The molecule has 1 saturated heterocycles. The predicted molar refractivity (Wildman–Crippen MR) is 112 cm³/mol. The summed E-state index contributed by atoms with van der Waals surface area (Å²) in [5.74, 6) is -1.72. The molecule has 2 heterocycles. The van der Waals surface area contributed by atoms with Gasteiger partial charge in [-0.05, 0) is 42.5 Å². The van der Waals surface area contributed by atoms with Crippen LogP contribution in [0.4, 0.5) is 23.7 Å². The lowest BCUT2D eigenvalue weighted by Crippen LogP contribution is -2.54. The molecule has 1 N–H and O–H groups in total. The van der Waals surface area contributed by atoms with Crippen molar-refractivity contribution in [3.8, 4) is 6.07 Å². The van der Waals surface area contributed by atoms with Gasteiger partial charge in [0, 0.05) is 12.6 Å². The zero-order valence-electron chi connectivity index (χ0n) is 17.5. The van der Waals surface area contributed by atoms with Crippen LogP contribution in [0.2, 0.25) is 0 Å². The van der Waals surface area contributed by atoms with Gasteiger partial charge < -0.3 is 10.0 Å². The van der Waals surface area contributed by atoms with E-state index in [0.717, 1.165) is 12.3 Å². The number of alkyl halides is 3. The average molecular weight is 470 g/mol. The van der Waals surface area contributed by atoms with Crippen LogP contribution < -0.4 is 4.90 Å². The summed E-state index contributed by atoms with van der Waals surface area (Å²) in [7, 11) is 0. The lowest BCUT2D eigenvalue weighted by molar-refractivity contribution is -0.138. The Morgan fingerprint density at radius 3 is 2.44 bits per heavy atom. The Labute approximate surface area is 191 Å². The number of benzene rings is 1. The second kappa shape index (κ2) is 8.30. The van der Waals surface area contributed by atoms with E-state index in [2.05, 4.69) is 4.98 Å². The summed E-state index contributed by atoms with van der Waals surface area (Å²) in [5, 5.41) is 17.7. The molecule has 174 valence electrons. The zero-order valence-corrected chi connectivity index (χ0v) is 17.5. The van der Waals surface area contributed by atoms with Crippen molar-refractivity contribution in [2.24, 2.45) is 0 Å². The first kappa shape index (κ1) is 23.0. The van der Waals surface area contributed by atoms with Gasteiger partial charge in [0.1, 0.15) is 11.6 Å². The standard InChI is InChI=1S/C23H17F3N4O4/c24-23(25,26)17-10-16(12-28-18(17)11-27)30-20(33)22(8-1-9-22)29(21(30)34)13-15-4-2-14(3-5-15)6-7-19(31)32/h2-7,10,12H,1,8-9,13H2,(H,31,32)/b7-6+. The van der Waals surface area contributed by atoms with E-state index in [0.29, 0.717) is 41.4 Å². The number of carbonyl (C=O) groups is 3. The molecule has 1 aromatic carbocycles. The number of anilines is 1. The molecule has 1 spiro atoms. The number of urea groups is 1. The number of nitrogens with zero attached hydrogens (tertiary/aromatic N) is 4. The summed E-state index contributed by atoms with van der Waals surface area (Å²) in [6, 6.07) is 7.88. The third-order valence-electron chi connectivity index (χ3n) is 6.00. The molecule has 1 saturated carbocycles. The Bertz CT molecular complexity index is 1240. The number of hydrogen-bond acceptors (Lipinski definition) is 5. The van der Waals surface area contributed by atoms with Gasteiger partial charge in [-0.3, -0.25) is 4.79 Å². The van der Waals surface area contributed by atoms with E-state index in [1.807, 2.05) is 0 Å². The second-order valence-electron chi connectivity index (χ2n) is 8.01. The molecule has 34 heavy (non-hydrogen) atoms. The predicted octanol–water partition coefficient (Wildman–Crippen LogP) is 3.96. The number of halogens is 3. The van der Waals surface area contributed by atoms with E-state index in [1.165, 1.54) is 17.0 Å². The third-order valence-corrected chi connectivity index (χ3v) is 6.00. The highest BCUT2D eigenvalue weighted by molar-refractivity contribution is 6.23. The molecule has 0 radical (unpaired) electrons. The van der Waals surface area contributed by atoms with Crippen molar-refractivity contribution >= 4 is 29.7 Å². The molecule has 0 atom stereocenters. The quantitative estimate of drug-likeness (QED) is 0.523. The number of rotatable bonds is 5. The fraction of sp³-hybridized carbons (Fsp3) is 0.261. The molecule has 2 aliphatic rings. The number of hydrogen-bond donors (Lipinski definition) is 1. The lowest BCUT2D eigenvalue weighted by atomic mass is 9.75. The van der Waals surface area contributed by atoms with Crippen LogP contribution in [0, 0.1) is 11.3 Å². The number of carboxylic acids is 1. The van der Waals surface area contributed by atoms with Crippen molar-refractivity contribution in [2.75, 3.05) is 4.90 Å². The number of aromatic nitrogens is 1. The second-order valence-corrected chi connectivity index (χ2v) is 8.01. The van der Waals surface area contributed by atoms with Gasteiger partial charge >= 0.3 is 18.2 Å². The first-order valence-corrected chi connectivity index (χ1v) is 10.2. The lowest BCUT2D eigenvalue weighted by Gasteiger charge is -2.42. The largest absolute Gasteiger partial charge is 0.478 e. The van der Waals surface area contributed by atoms with Crippen LogP contribution in [0.1, 0.15) is 41.6 Å². The number of carboxylic acid groups (broad SMARTS) is 1. The van der Waals surface area contributed by atoms with Gasteiger partial charge in [0.05, 0.1) is 17.4 Å². The molecule has 1 aromatic heterocycles. The summed E-state index contributed by atoms with van der Waals surface area (Å²) in [5.41, 5.74) is -2.37. The maximum Gasteiger partial charge on any atom is 0.419 e. The molecule has 1 aliphatic heterocycles. The number of aliphatic carboxylic acids is 1. The fourth-order valence-corrected chi connectivity index (χ4v) is 4.12. The van der Waals surface area contributed by atoms with Gasteiger partial charge in [-0.15, -0.1) is 0 Å². The summed E-state index contributed by atoms with van der Waals surface area (Å²) in [6.07, 6.45) is -0.135. The molecule has 3 amide bonds. The Hall–Kier alpha value is -4.20. The number of imide groups is 1. The van der Waals surface area contributed by atoms with Crippen molar-refractivity contribution in [3.63, 3.8) is 0 Å². The van der Waals surface area contributed by atoms with Gasteiger partial charge in [-0.25, -0.2) is 19.5 Å². The smallest absolute Gasteiger partial charge is 0.419 e. The van der Waals surface area contributed by atoms with Crippen molar-refractivity contribution in [1.29, 1.82) is 5.26 Å². The van der Waals surface area contributed by atoms with E-state index in [4.69, 9.17) is 10.4 Å². The molecule has 0 bridgehead atoms. The topological polar surface area (TPSA) is 115 Å². The average Bonchev–Trinajstić information content (AvgIpc) is 2.98. The Kier molecular flexibility index (Phi) is 5.61. The van der Waals surface area contributed by atoms with Crippen LogP contribution in [0.3, 0.4) is 0 Å². The van der Waals surface area contributed by atoms with Crippen LogP contribution in [-0.4, -0.2) is 38.4 Å². The minimum absolute atomic E-state index is 0.0415. The summed E-state index contributed by atoms with van der Waals surface area (Å²) in [6.45, 7) is 0.0415. The molecule has 0 unspecified atom stereocenters. The highest BCUT2D eigenvalue weighted by Gasteiger charge is 2.60. The number of amides is 3. The molecule has 11 heteroatoms. The van der Waals surface area contributed by atoms with Gasteiger partial charge in [0.15, 0.2) is 5.69 Å². The highest BCUT2D eigenvalue weighted by Crippen LogP contribution is 2.46. The molecule has 8 nitrogen and oxygen atoms in total. The van der Waals surface area contributed by atoms with Crippen LogP contribution in [0.15, 0.2) is 42.6 Å². The fourth-order valence-electron chi connectivity index (χ4n) is 4.12. The molecule has 1 aliphatic carbocycles. The van der Waals surface area contributed by atoms with E-state index in [-0.39, 0.29) is 12.2 Å².